The summed E-state index contributed by atoms with van der Waals surface area (Å²) in [5.41, 5.74) is 4.48. The number of hydrogen-bond donors (Lipinski definition) is 2. The predicted octanol–water partition coefficient (Wildman–Crippen LogP) is 0.927. The van der Waals surface area contributed by atoms with Crippen LogP contribution in [0.5, 0.6) is 0 Å². The number of rotatable bonds is 0. The Hall–Kier alpha value is -1.37. The van der Waals surface area contributed by atoms with E-state index in [1.165, 1.54) is 0 Å². The van der Waals surface area contributed by atoms with Crippen molar-refractivity contribution in [1.82, 2.24) is 9.97 Å². The Morgan fingerprint density at radius 1 is 1.31 bits per heavy atom. The predicted molar refractivity (Wildman–Crippen MR) is 49.5 cm³/mol. The van der Waals surface area contributed by atoms with Gasteiger partial charge in [0.15, 0.2) is 5.69 Å². The molecule has 16 heavy (non-hydrogen) atoms. The maximum absolute atomic E-state index is 12.7. The third-order valence-electron chi connectivity index (χ3n) is 2.53. The van der Waals surface area contributed by atoms with Gasteiger partial charge in [-0.2, -0.15) is 13.2 Å². The number of halogens is 3. The van der Waals surface area contributed by atoms with Gasteiger partial charge >= 0.3 is 6.18 Å². The molecule has 2 rings (SSSR count). The number of aliphatic hydroxyl groups is 1. The summed E-state index contributed by atoms with van der Waals surface area (Å²) < 4.78 is 38.0. The lowest BCUT2D eigenvalue weighted by molar-refractivity contribution is -0.142. The summed E-state index contributed by atoms with van der Waals surface area (Å²) in [6.07, 6.45) is -4.68. The highest BCUT2D eigenvalue weighted by molar-refractivity contribution is 5.35. The summed E-state index contributed by atoms with van der Waals surface area (Å²) >= 11 is 0. The van der Waals surface area contributed by atoms with E-state index in [0.29, 0.717) is 18.5 Å². The topological polar surface area (TPSA) is 72.0 Å². The van der Waals surface area contributed by atoms with Crippen LogP contribution in [0.2, 0.25) is 0 Å². The van der Waals surface area contributed by atoms with Crippen LogP contribution < -0.4 is 5.73 Å². The smallest absolute Gasteiger partial charge is 0.393 e. The van der Waals surface area contributed by atoms with Gasteiger partial charge in [-0.1, -0.05) is 0 Å². The molecule has 1 aromatic heterocycles. The van der Waals surface area contributed by atoms with Crippen LogP contribution in [-0.4, -0.2) is 21.2 Å². The molecule has 0 fully saturated rings. The Morgan fingerprint density at radius 3 is 2.62 bits per heavy atom. The summed E-state index contributed by atoms with van der Waals surface area (Å²) in [4.78, 5) is 7.00. The Bertz CT molecular complexity index is 419. The molecule has 3 N–H and O–H groups in total. The molecule has 7 heteroatoms. The number of aromatic nitrogens is 2. The lowest BCUT2D eigenvalue weighted by Gasteiger charge is -2.22. The second-order valence-electron chi connectivity index (χ2n) is 3.75. The van der Waals surface area contributed by atoms with Crippen LogP contribution in [0.1, 0.15) is 23.4 Å². The van der Waals surface area contributed by atoms with Crippen LogP contribution in [0.25, 0.3) is 0 Å². The number of aryl methyl sites for hydroxylation is 1. The lowest BCUT2D eigenvalue weighted by atomic mass is 9.92. The lowest BCUT2D eigenvalue weighted by Crippen LogP contribution is -2.26. The summed E-state index contributed by atoms with van der Waals surface area (Å²) in [6.45, 7) is 0. The Labute approximate surface area is 89.3 Å². The molecular weight excluding hydrogens is 223 g/mol. The largest absolute Gasteiger partial charge is 0.433 e. The molecule has 1 aliphatic rings. The van der Waals surface area contributed by atoms with Gasteiger partial charge in [-0.05, 0) is 12.8 Å². The minimum absolute atomic E-state index is 0.0274. The molecular formula is C9H10F3N3O. The summed E-state index contributed by atoms with van der Waals surface area (Å²) in [6, 6.07) is 0. The molecule has 0 bridgehead atoms. The van der Waals surface area contributed by atoms with E-state index in [1.54, 1.807) is 0 Å². The van der Waals surface area contributed by atoms with Crippen molar-refractivity contribution in [2.45, 2.75) is 31.5 Å². The van der Waals surface area contributed by atoms with E-state index >= 15 is 0 Å². The first-order valence-electron chi connectivity index (χ1n) is 4.78. The van der Waals surface area contributed by atoms with Crippen molar-refractivity contribution in [3.8, 4) is 0 Å². The number of fused-ring (bicyclic) bond motifs is 1. The second-order valence-corrected chi connectivity index (χ2v) is 3.75. The van der Waals surface area contributed by atoms with Crippen LogP contribution >= 0.6 is 0 Å². The van der Waals surface area contributed by atoms with Gasteiger partial charge < -0.3 is 10.8 Å². The van der Waals surface area contributed by atoms with Gasteiger partial charge in [0.2, 0.25) is 5.95 Å². The van der Waals surface area contributed by atoms with Crippen LogP contribution in [0.3, 0.4) is 0 Å². The highest BCUT2D eigenvalue weighted by Gasteiger charge is 2.38. The Balaban J connectivity index is 2.56. The van der Waals surface area contributed by atoms with Gasteiger partial charge in [0.05, 0.1) is 6.10 Å². The number of alkyl halides is 3. The molecule has 0 aliphatic heterocycles. The van der Waals surface area contributed by atoms with Crippen LogP contribution in [-0.2, 0) is 19.0 Å². The molecule has 0 radical (unpaired) electrons. The normalized spacial score (nSPS) is 20.6. The van der Waals surface area contributed by atoms with E-state index in [9.17, 15) is 18.3 Å². The monoisotopic (exact) mass is 233 g/mol. The quantitative estimate of drug-likeness (QED) is 0.699. The first-order valence-corrected chi connectivity index (χ1v) is 4.78. The van der Waals surface area contributed by atoms with E-state index in [4.69, 9.17) is 5.73 Å². The second kappa shape index (κ2) is 3.58. The minimum atomic E-state index is -4.56. The molecule has 1 heterocycles. The van der Waals surface area contributed by atoms with Gasteiger partial charge in [-0.15, -0.1) is 0 Å². The molecule has 1 aliphatic carbocycles. The molecule has 1 aromatic rings. The van der Waals surface area contributed by atoms with Crippen molar-refractivity contribution in [2.24, 2.45) is 0 Å². The van der Waals surface area contributed by atoms with Crippen molar-refractivity contribution in [3.63, 3.8) is 0 Å². The maximum atomic E-state index is 12.7. The highest BCUT2D eigenvalue weighted by atomic mass is 19.4. The maximum Gasteiger partial charge on any atom is 0.433 e. The summed E-state index contributed by atoms with van der Waals surface area (Å²) in [5, 5.41) is 9.36. The van der Waals surface area contributed by atoms with Crippen LogP contribution in [0, 0.1) is 0 Å². The third kappa shape index (κ3) is 1.95. The SMILES string of the molecule is Nc1nc2c(c(C(F)(F)F)n1)CC(O)CC2. The molecule has 0 aromatic carbocycles. The first-order chi connectivity index (χ1) is 7.38. The van der Waals surface area contributed by atoms with Crippen molar-refractivity contribution in [3.05, 3.63) is 17.0 Å². The number of nitrogens with two attached hydrogens (primary N) is 1. The average Bonchev–Trinajstić information content (AvgIpc) is 2.16. The van der Waals surface area contributed by atoms with Crippen molar-refractivity contribution in [2.75, 3.05) is 5.73 Å². The number of anilines is 1. The number of aliphatic hydroxyl groups excluding tert-OH is 1. The van der Waals surface area contributed by atoms with E-state index in [2.05, 4.69) is 9.97 Å². The van der Waals surface area contributed by atoms with Gasteiger partial charge in [-0.3, -0.25) is 0 Å². The zero-order chi connectivity index (χ0) is 11.9. The molecule has 0 saturated heterocycles. The van der Waals surface area contributed by atoms with E-state index < -0.39 is 18.0 Å². The van der Waals surface area contributed by atoms with E-state index in [1.807, 2.05) is 0 Å². The molecule has 88 valence electrons. The fourth-order valence-corrected chi connectivity index (χ4v) is 1.85. The molecule has 0 amide bonds. The van der Waals surface area contributed by atoms with Crippen molar-refractivity contribution >= 4 is 5.95 Å². The minimum Gasteiger partial charge on any atom is -0.393 e. The van der Waals surface area contributed by atoms with E-state index in [-0.39, 0.29) is 17.9 Å². The van der Waals surface area contributed by atoms with E-state index in [0.717, 1.165) is 0 Å². The Morgan fingerprint density at radius 2 is 2.00 bits per heavy atom. The number of nitrogens with zero attached hydrogens (tertiary/aromatic N) is 2. The first kappa shape index (κ1) is 11.1. The molecule has 4 nitrogen and oxygen atoms in total. The fourth-order valence-electron chi connectivity index (χ4n) is 1.85. The van der Waals surface area contributed by atoms with Crippen molar-refractivity contribution < 1.29 is 18.3 Å². The highest BCUT2D eigenvalue weighted by Crippen LogP contribution is 2.34. The zero-order valence-electron chi connectivity index (χ0n) is 8.25. The fraction of sp³-hybridized carbons (Fsp3) is 0.556. The molecule has 1 atom stereocenters. The third-order valence-corrected chi connectivity index (χ3v) is 2.53. The molecule has 0 spiro atoms. The van der Waals surface area contributed by atoms with Gasteiger partial charge in [0, 0.05) is 17.7 Å². The van der Waals surface area contributed by atoms with Crippen molar-refractivity contribution in [1.29, 1.82) is 0 Å². The van der Waals surface area contributed by atoms with Gasteiger partial charge in [0.25, 0.3) is 0 Å². The Kier molecular flexibility index (Phi) is 2.49. The standard InChI is InChI=1S/C9H10F3N3O/c10-9(11,12)7-5-3-4(16)1-2-6(5)14-8(13)15-7/h4,16H,1-3H2,(H2,13,14,15). The summed E-state index contributed by atoms with van der Waals surface area (Å²) in [5.74, 6) is -0.373. The molecule has 1 unspecified atom stereocenters. The van der Waals surface area contributed by atoms with Crippen LogP contribution in [0.4, 0.5) is 19.1 Å². The van der Waals surface area contributed by atoms with Crippen LogP contribution in [0.15, 0.2) is 0 Å². The van der Waals surface area contributed by atoms with Gasteiger partial charge in [-0.25, -0.2) is 9.97 Å². The summed E-state index contributed by atoms with van der Waals surface area (Å²) in [7, 11) is 0. The van der Waals surface area contributed by atoms with Gasteiger partial charge in [0.1, 0.15) is 0 Å². The zero-order valence-corrected chi connectivity index (χ0v) is 8.25. The molecule has 0 saturated carbocycles. The number of hydrogen-bond acceptors (Lipinski definition) is 4. The average molecular weight is 233 g/mol. The number of nitrogen functional groups attached to an aromatic ring is 1.